The number of hydrogen-bond donors (Lipinski definition) is 1. The molecule has 6 rings (SSSR count). The van der Waals surface area contributed by atoms with E-state index in [0.717, 1.165) is 44.1 Å². The Kier molecular flexibility index (Phi) is 3.82. The second kappa shape index (κ2) is 6.78. The second-order valence-corrected chi connectivity index (χ2v) is 7.52. The summed E-state index contributed by atoms with van der Waals surface area (Å²) in [5.41, 5.74) is 6.34. The average Bonchev–Trinajstić information content (AvgIpc) is 3.19. The molecule has 0 atom stereocenters. The van der Waals surface area contributed by atoms with Gasteiger partial charge in [0.15, 0.2) is 0 Å². The molecule has 2 heteroatoms. The summed E-state index contributed by atoms with van der Waals surface area (Å²) in [6, 6.07) is 37.8. The highest BCUT2D eigenvalue weighted by Crippen LogP contribution is 2.38. The molecule has 0 aliphatic rings. The monoisotopic (exact) mass is 385 g/mol. The molecule has 1 heterocycles. The van der Waals surface area contributed by atoms with Crippen LogP contribution < -0.4 is 5.32 Å². The van der Waals surface area contributed by atoms with Gasteiger partial charge in [0.25, 0.3) is 0 Å². The van der Waals surface area contributed by atoms with Crippen LogP contribution in [0.4, 0.5) is 11.4 Å². The van der Waals surface area contributed by atoms with Gasteiger partial charge in [0.1, 0.15) is 11.2 Å². The molecule has 0 radical (unpaired) electrons. The van der Waals surface area contributed by atoms with Crippen molar-refractivity contribution in [2.45, 2.75) is 0 Å². The summed E-state index contributed by atoms with van der Waals surface area (Å²) in [4.78, 5) is 0. The van der Waals surface area contributed by atoms with Crippen molar-refractivity contribution in [3.63, 3.8) is 0 Å². The minimum Gasteiger partial charge on any atom is -0.455 e. The Balaban J connectivity index is 1.52. The molecule has 0 aliphatic carbocycles. The zero-order chi connectivity index (χ0) is 19.9. The van der Waals surface area contributed by atoms with Crippen molar-refractivity contribution < 1.29 is 4.42 Å². The first kappa shape index (κ1) is 16.9. The van der Waals surface area contributed by atoms with E-state index >= 15 is 0 Å². The third-order valence-electron chi connectivity index (χ3n) is 5.64. The van der Waals surface area contributed by atoms with Crippen LogP contribution in [0.1, 0.15) is 0 Å². The van der Waals surface area contributed by atoms with Crippen LogP contribution in [0.5, 0.6) is 0 Å². The number of benzene rings is 5. The van der Waals surface area contributed by atoms with Gasteiger partial charge in [-0.15, -0.1) is 0 Å². The van der Waals surface area contributed by atoms with Crippen molar-refractivity contribution in [1.29, 1.82) is 0 Å². The molecule has 2 nitrogen and oxygen atoms in total. The van der Waals surface area contributed by atoms with E-state index < -0.39 is 0 Å². The molecule has 0 spiro atoms. The van der Waals surface area contributed by atoms with E-state index in [1.165, 1.54) is 11.1 Å². The summed E-state index contributed by atoms with van der Waals surface area (Å²) in [6.07, 6.45) is 0. The van der Waals surface area contributed by atoms with E-state index in [-0.39, 0.29) is 0 Å². The smallest absolute Gasteiger partial charge is 0.145 e. The predicted octanol–water partition coefficient (Wildman–Crippen LogP) is 8.15. The Morgan fingerprint density at radius 3 is 2.30 bits per heavy atom. The van der Waals surface area contributed by atoms with E-state index in [2.05, 4.69) is 96.3 Å². The Hall–Kier alpha value is -4.04. The van der Waals surface area contributed by atoms with E-state index in [0.29, 0.717) is 0 Å². The Morgan fingerprint density at radius 2 is 1.37 bits per heavy atom. The normalized spacial score (nSPS) is 11.3. The SMILES string of the molecule is c1ccc(-c2cccc(Nc3cccc4ccc5c6ccccc6oc5c34)c2)cc1. The van der Waals surface area contributed by atoms with Crippen molar-refractivity contribution in [2.75, 3.05) is 5.32 Å². The summed E-state index contributed by atoms with van der Waals surface area (Å²) >= 11 is 0. The van der Waals surface area contributed by atoms with Crippen molar-refractivity contribution >= 4 is 44.1 Å². The first-order chi connectivity index (χ1) is 14.9. The number of anilines is 2. The van der Waals surface area contributed by atoms with Crippen molar-refractivity contribution in [3.8, 4) is 11.1 Å². The molecule has 0 bridgehead atoms. The molecule has 1 N–H and O–H groups in total. The topological polar surface area (TPSA) is 25.2 Å². The molecule has 142 valence electrons. The maximum absolute atomic E-state index is 6.30. The largest absolute Gasteiger partial charge is 0.455 e. The van der Waals surface area contributed by atoms with Gasteiger partial charge in [-0.25, -0.2) is 0 Å². The third kappa shape index (κ3) is 2.73. The number of furan rings is 1. The first-order valence-corrected chi connectivity index (χ1v) is 10.1. The number of para-hydroxylation sites is 1. The van der Waals surface area contributed by atoms with Crippen LogP contribution in [-0.2, 0) is 0 Å². The zero-order valence-electron chi connectivity index (χ0n) is 16.3. The number of nitrogens with one attached hydrogen (secondary N) is 1. The van der Waals surface area contributed by atoms with Crippen molar-refractivity contribution in [1.82, 2.24) is 0 Å². The summed E-state index contributed by atoms with van der Waals surface area (Å²) in [7, 11) is 0. The van der Waals surface area contributed by atoms with E-state index in [1.807, 2.05) is 18.2 Å². The lowest BCUT2D eigenvalue weighted by atomic mass is 10.0. The highest BCUT2D eigenvalue weighted by Gasteiger charge is 2.13. The molecule has 5 aromatic carbocycles. The molecule has 0 amide bonds. The average molecular weight is 385 g/mol. The maximum Gasteiger partial charge on any atom is 0.145 e. The second-order valence-electron chi connectivity index (χ2n) is 7.52. The van der Waals surface area contributed by atoms with Crippen LogP contribution in [0.25, 0.3) is 43.8 Å². The predicted molar refractivity (Wildman–Crippen MR) is 126 cm³/mol. The van der Waals surface area contributed by atoms with Gasteiger partial charge in [-0.05, 0) is 46.8 Å². The van der Waals surface area contributed by atoms with Crippen LogP contribution in [0.2, 0.25) is 0 Å². The molecule has 0 unspecified atom stereocenters. The number of rotatable bonds is 3. The van der Waals surface area contributed by atoms with Gasteiger partial charge in [0.05, 0.1) is 5.69 Å². The van der Waals surface area contributed by atoms with Gasteiger partial charge >= 0.3 is 0 Å². The fourth-order valence-electron chi connectivity index (χ4n) is 4.22. The van der Waals surface area contributed by atoms with Gasteiger partial charge < -0.3 is 9.73 Å². The Labute approximate surface area is 174 Å². The summed E-state index contributed by atoms with van der Waals surface area (Å²) in [5.74, 6) is 0. The van der Waals surface area contributed by atoms with Crippen molar-refractivity contribution in [3.05, 3.63) is 109 Å². The Morgan fingerprint density at radius 1 is 0.567 bits per heavy atom. The molecule has 0 aliphatic heterocycles. The fourth-order valence-corrected chi connectivity index (χ4v) is 4.22. The maximum atomic E-state index is 6.30. The van der Waals surface area contributed by atoms with Gasteiger partial charge in [-0.1, -0.05) is 78.9 Å². The fraction of sp³-hybridized carbons (Fsp3) is 0. The van der Waals surface area contributed by atoms with Crippen LogP contribution in [0.15, 0.2) is 114 Å². The molecule has 30 heavy (non-hydrogen) atoms. The van der Waals surface area contributed by atoms with Gasteiger partial charge in [-0.2, -0.15) is 0 Å². The molecular formula is C28H19NO. The standard InChI is InChI=1S/C28H19NO/c1-2-8-19(9-3-1)21-11-6-12-22(18-21)29-25-14-7-10-20-16-17-24-23-13-4-5-15-26(23)30-28(24)27(20)25/h1-18,29H. The van der Waals surface area contributed by atoms with E-state index in [4.69, 9.17) is 4.42 Å². The van der Waals surface area contributed by atoms with Crippen LogP contribution in [0.3, 0.4) is 0 Å². The molecule has 1 aromatic heterocycles. The van der Waals surface area contributed by atoms with E-state index in [9.17, 15) is 0 Å². The molecule has 6 aromatic rings. The summed E-state index contributed by atoms with van der Waals surface area (Å²) < 4.78 is 6.30. The van der Waals surface area contributed by atoms with Gasteiger partial charge in [0.2, 0.25) is 0 Å². The number of hydrogen-bond acceptors (Lipinski definition) is 2. The molecule has 0 saturated carbocycles. The quantitative estimate of drug-likeness (QED) is 0.332. The Bertz CT molecular complexity index is 1510. The van der Waals surface area contributed by atoms with Crippen LogP contribution >= 0.6 is 0 Å². The van der Waals surface area contributed by atoms with Gasteiger partial charge in [0, 0.05) is 21.8 Å². The van der Waals surface area contributed by atoms with E-state index in [1.54, 1.807) is 0 Å². The van der Waals surface area contributed by atoms with Crippen molar-refractivity contribution in [2.24, 2.45) is 0 Å². The lowest BCUT2D eigenvalue weighted by molar-refractivity contribution is 0.673. The minimum absolute atomic E-state index is 0.917. The highest BCUT2D eigenvalue weighted by atomic mass is 16.3. The molecular weight excluding hydrogens is 366 g/mol. The zero-order valence-corrected chi connectivity index (χ0v) is 16.3. The van der Waals surface area contributed by atoms with Crippen LogP contribution in [-0.4, -0.2) is 0 Å². The lowest BCUT2D eigenvalue weighted by Crippen LogP contribution is -1.92. The summed E-state index contributed by atoms with van der Waals surface area (Å²) in [6.45, 7) is 0. The molecule has 0 saturated heterocycles. The highest BCUT2D eigenvalue weighted by molar-refractivity contribution is 6.18. The van der Waals surface area contributed by atoms with Gasteiger partial charge in [-0.3, -0.25) is 0 Å². The first-order valence-electron chi connectivity index (χ1n) is 10.1. The number of fused-ring (bicyclic) bond motifs is 5. The van der Waals surface area contributed by atoms with Crippen LogP contribution in [0, 0.1) is 0 Å². The minimum atomic E-state index is 0.917. The summed E-state index contributed by atoms with van der Waals surface area (Å²) in [5, 5.41) is 8.19. The lowest BCUT2D eigenvalue weighted by Gasteiger charge is -2.12. The molecule has 0 fully saturated rings. The third-order valence-corrected chi connectivity index (χ3v) is 5.64.